The van der Waals surface area contributed by atoms with E-state index in [1.807, 2.05) is 19.2 Å². The van der Waals surface area contributed by atoms with Crippen molar-refractivity contribution in [2.75, 3.05) is 14.2 Å². The molecule has 1 N–H and O–H groups in total. The largest absolute Gasteiger partial charge is 0.480 e. The van der Waals surface area contributed by atoms with Crippen LogP contribution in [0.4, 0.5) is 0 Å². The monoisotopic (exact) mass is 293 g/mol. The topological polar surface area (TPSA) is 47.0 Å². The summed E-state index contributed by atoms with van der Waals surface area (Å²) in [6.07, 6.45) is 11.9. The summed E-state index contributed by atoms with van der Waals surface area (Å²) >= 11 is 0. The minimum Gasteiger partial charge on any atom is -0.480 e. The lowest BCUT2D eigenvalue weighted by Crippen LogP contribution is -2.18. The summed E-state index contributed by atoms with van der Waals surface area (Å²) in [7, 11) is 3.60. The van der Waals surface area contributed by atoms with Gasteiger partial charge < -0.3 is 10.1 Å². The molecule has 0 fully saturated rings. The highest BCUT2D eigenvalue weighted by molar-refractivity contribution is 5.13. The number of nitrogens with zero attached hydrogens (tertiary/aromatic N) is 2. The second-order valence-electron chi connectivity index (χ2n) is 5.61. The average Bonchev–Trinajstić information content (AvgIpc) is 2.54. The van der Waals surface area contributed by atoms with E-state index in [4.69, 9.17) is 4.74 Å². The molecule has 21 heavy (non-hydrogen) atoms. The molecule has 4 nitrogen and oxygen atoms in total. The third-order valence-electron chi connectivity index (χ3n) is 3.92. The predicted molar refractivity (Wildman–Crippen MR) is 87.6 cm³/mol. The van der Waals surface area contributed by atoms with Crippen LogP contribution >= 0.6 is 0 Å². The van der Waals surface area contributed by atoms with Gasteiger partial charge in [-0.15, -0.1) is 5.10 Å². The molecule has 0 amide bonds. The molecular formula is C17H31N3O. The van der Waals surface area contributed by atoms with Gasteiger partial charge in [-0.05, 0) is 19.5 Å². The maximum Gasteiger partial charge on any atom is 0.233 e. The van der Waals surface area contributed by atoms with Crippen molar-refractivity contribution >= 4 is 0 Å². The molecule has 1 heterocycles. The van der Waals surface area contributed by atoms with Gasteiger partial charge in [-0.1, -0.05) is 58.3 Å². The van der Waals surface area contributed by atoms with Gasteiger partial charge in [0.15, 0.2) is 0 Å². The Kier molecular flexibility index (Phi) is 9.79. The Morgan fingerprint density at radius 3 is 2.19 bits per heavy atom. The quantitative estimate of drug-likeness (QED) is 0.584. The van der Waals surface area contributed by atoms with Crippen molar-refractivity contribution in [3.63, 3.8) is 0 Å². The molecule has 1 aromatic rings. The third kappa shape index (κ3) is 7.42. The number of ether oxygens (including phenoxy) is 1. The van der Waals surface area contributed by atoms with Gasteiger partial charge in [-0.3, -0.25) is 0 Å². The van der Waals surface area contributed by atoms with Crippen molar-refractivity contribution in [3.8, 4) is 5.88 Å². The molecule has 0 spiro atoms. The van der Waals surface area contributed by atoms with Crippen molar-refractivity contribution < 1.29 is 4.74 Å². The Morgan fingerprint density at radius 2 is 1.67 bits per heavy atom. The summed E-state index contributed by atoms with van der Waals surface area (Å²) in [4.78, 5) is 0. The Labute approximate surface area is 129 Å². The molecule has 1 aromatic heterocycles. The standard InChI is InChI=1S/C17H31N3O/c1-4-5-6-7-8-9-10-11-12-15(18-2)16-13-14-17(21-3)20-19-16/h13-15,18H,4-12H2,1-3H3. The molecule has 0 aliphatic rings. The second-order valence-corrected chi connectivity index (χ2v) is 5.61. The van der Waals surface area contributed by atoms with Crippen molar-refractivity contribution in [1.82, 2.24) is 15.5 Å². The highest BCUT2D eigenvalue weighted by Crippen LogP contribution is 2.19. The van der Waals surface area contributed by atoms with Gasteiger partial charge in [-0.25, -0.2) is 0 Å². The molecule has 0 aromatic carbocycles. The van der Waals surface area contributed by atoms with E-state index < -0.39 is 0 Å². The van der Waals surface area contributed by atoms with Gasteiger partial charge in [0, 0.05) is 6.07 Å². The van der Waals surface area contributed by atoms with Gasteiger partial charge in [0.05, 0.1) is 18.8 Å². The average molecular weight is 293 g/mol. The molecule has 1 rings (SSSR count). The van der Waals surface area contributed by atoms with Gasteiger partial charge >= 0.3 is 0 Å². The summed E-state index contributed by atoms with van der Waals surface area (Å²) in [6.45, 7) is 2.26. The summed E-state index contributed by atoms with van der Waals surface area (Å²) < 4.78 is 5.04. The fourth-order valence-corrected chi connectivity index (χ4v) is 2.55. The first-order valence-corrected chi connectivity index (χ1v) is 8.36. The summed E-state index contributed by atoms with van der Waals surface area (Å²) in [6, 6.07) is 4.17. The van der Waals surface area contributed by atoms with Crippen LogP contribution < -0.4 is 10.1 Å². The summed E-state index contributed by atoms with van der Waals surface area (Å²) in [5.74, 6) is 0.570. The highest BCUT2D eigenvalue weighted by atomic mass is 16.5. The zero-order valence-corrected chi connectivity index (χ0v) is 13.9. The molecule has 0 saturated heterocycles. The minimum atomic E-state index is 0.295. The van der Waals surface area contributed by atoms with Crippen LogP contribution in [0.15, 0.2) is 12.1 Å². The first-order valence-electron chi connectivity index (χ1n) is 8.36. The van der Waals surface area contributed by atoms with Gasteiger partial charge in [0.1, 0.15) is 0 Å². The van der Waals surface area contributed by atoms with Crippen LogP contribution in [0.3, 0.4) is 0 Å². The highest BCUT2D eigenvalue weighted by Gasteiger charge is 2.11. The normalized spacial score (nSPS) is 12.3. The van der Waals surface area contributed by atoms with Crippen molar-refractivity contribution in [2.24, 2.45) is 0 Å². The number of methoxy groups -OCH3 is 1. The van der Waals surface area contributed by atoms with Gasteiger partial charge in [0.2, 0.25) is 5.88 Å². The van der Waals surface area contributed by atoms with E-state index in [-0.39, 0.29) is 0 Å². The van der Waals surface area contributed by atoms with E-state index in [0.29, 0.717) is 11.9 Å². The van der Waals surface area contributed by atoms with E-state index in [9.17, 15) is 0 Å². The zero-order chi connectivity index (χ0) is 15.3. The summed E-state index contributed by atoms with van der Waals surface area (Å²) in [5.41, 5.74) is 1.00. The van der Waals surface area contributed by atoms with Crippen LogP contribution in [-0.2, 0) is 0 Å². The SMILES string of the molecule is CCCCCCCCCCC(NC)c1ccc(OC)nn1. The van der Waals surface area contributed by atoms with Gasteiger partial charge in [0.25, 0.3) is 0 Å². The lowest BCUT2D eigenvalue weighted by molar-refractivity contribution is 0.388. The third-order valence-corrected chi connectivity index (χ3v) is 3.92. The number of hydrogen-bond acceptors (Lipinski definition) is 4. The molecule has 0 aliphatic carbocycles. The fourth-order valence-electron chi connectivity index (χ4n) is 2.55. The van der Waals surface area contributed by atoms with E-state index in [1.165, 1.54) is 51.4 Å². The minimum absolute atomic E-state index is 0.295. The molecule has 0 radical (unpaired) electrons. The smallest absolute Gasteiger partial charge is 0.233 e. The van der Waals surface area contributed by atoms with Crippen molar-refractivity contribution in [1.29, 1.82) is 0 Å². The second kappa shape index (κ2) is 11.5. The fraction of sp³-hybridized carbons (Fsp3) is 0.765. The Hall–Kier alpha value is -1.16. The molecule has 1 atom stereocenters. The number of rotatable bonds is 12. The van der Waals surface area contributed by atoms with E-state index in [0.717, 1.165) is 12.1 Å². The molecule has 0 saturated carbocycles. The number of unbranched alkanes of at least 4 members (excludes halogenated alkanes) is 7. The zero-order valence-electron chi connectivity index (χ0n) is 13.9. The van der Waals surface area contributed by atoms with Gasteiger partial charge in [-0.2, -0.15) is 5.10 Å². The van der Waals surface area contributed by atoms with Crippen LogP contribution in [0.1, 0.15) is 76.4 Å². The number of hydrogen-bond donors (Lipinski definition) is 1. The van der Waals surface area contributed by atoms with Crippen molar-refractivity contribution in [3.05, 3.63) is 17.8 Å². The van der Waals surface area contributed by atoms with Crippen LogP contribution in [0.25, 0.3) is 0 Å². The number of aromatic nitrogens is 2. The number of nitrogens with one attached hydrogen (secondary N) is 1. The van der Waals surface area contributed by atoms with E-state index in [1.54, 1.807) is 7.11 Å². The van der Waals surface area contributed by atoms with Crippen molar-refractivity contribution in [2.45, 2.75) is 70.8 Å². The van der Waals surface area contributed by atoms with Crippen LogP contribution in [0.2, 0.25) is 0 Å². The Bertz CT molecular complexity index is 354. The molecular weight excluding hydrogens is 262 g/mol. The first kappa shape index (κ1) is 17.9. The molecule has 120 valence electrons. The summed E-state index contributed by atoms with van der Waals surface area (Å²) in [5, 5.41) is 11.6. The lowest BCUT2D eigenvalue weighted by atomic mass is 10.0. The predicted octanol–water partition coefficient (Wildman–Crippen LogP) is 4.28. The lowest BCUT2D eigenvalue weighted by Gasteiger charge is -2.15. The van der Waals surface area contributed by atoms with Crippen LogP contribution in [0.5, 0.6) is 5.88 Å². The van der Waals surface area contributed by atoms with Crippen LogP contribution in [0, 0.1) is 0 Å². The van der Waals surface area contributed by atoms with Crippen LogP contribution in [-0.4, -0.2) is 24.4 Å². The van der Waals surface area contributed by atoms with E-state index >= 15 is 0 Å². The molecule has 4 heteroatoms. The Morgan fingerprint density at radius 1 is 1.00 bits per heavy atom. The Balaban J connectivity index is 2.18. The maximum atomic E-state index is 5.04. The maximum absolute atomic E-state index is 5.04. The molecule has 1 unspecified atom stereocenters. The first-order chi connectivity index (χ1) is 10.3. The molecule has 0 bridgehead atoms. The van der Waals surface area contributed by atoms with E-state index in [2.05, 4.69) is 22.4 Å². The molecule has 0 aliphatic heterocycles.